The molecule has 1 N–H and O–H groups in total. The van der Waals surface area contributed by atoms with Gasteiger partial charge in [0.2, 0.25) is 0 Å². The fourth-order valence-corrected chi connectivity index (χ4v) is 3.42. The molecule has 1 aromatic rings. The summed E-state index contributed by atoms with van der Waals surface area (Å²) >= 11 is 1.61. The van der Waals surface area contributed by atoms with Gasteiger partial charge < -0.3 is 9.84 Å². The van der Waals surface area contributed by atoms with Crippen molar-refractivity contribution in [2.45, 2.75) is 45.4 Å². The molecule has 0 amide bonds. The molecule has 1 fully saturated rings. The second kappa shape index (κ2) is 5.65. The highest BCUT2D eigenvalue weighted by Crippen LogP contribution is 2.31. The van der Waals surface area contributed by atoms with E-state index in [9.17, 15) is 5.11 Å². The largest absolute Gasteiger partial charge is 0.385 e. The van der Waals surface area contributed by atoms with Gasteiger partial charge in [0.05, 0.1) is 29.3 Å². The van der Waals surface area contributed by atoms with Crippen molar-refractivity contribution in [3.63, 3.8) is 0 Å². The Bertz CT molecular complexity index is 392. The summed E-state index contributed by atoms with van der Waals surface area (Å²) in [4.78, 5) is 7.97. The van der Waals surface area contributed by atoms with Crippen LogP contribution in [0.5, 0.6) is 0 Å². The van der Waals surface area contributed by atoms with E-state index >= 15 is 0 Å². The second-order valence-electron chi connectivity index (χ2n) is 5.36. The molecule has 0 bridgehead atoms. The predicted octanol–water partition coefficient (Wildman–Crippen LogP) is 2.11. The maximum Gasteiger partial charge on any atom is 0.107 e. The first-order valence-electron chi connectivity index (χ1n) is 6.43. The Hall–Kier alpha value is -0.490. The predicted molar refractivity (Wildman–Crippen MR) is 72.6 cm³/mol. The lowest BCUT2D eigenvalue weighted by Gasteiger charge is -2.16. The summed E-state index contributed by atoms with van der Waals surface area (Å²) in [5.41, 5.74) is 0.0404. The number of aliphatic hydroxyl groups is 1. The summed E-state index contributed by atoms with van der Waals surface area (Å²) in [7, 11) is 1.66. The van der Waals surface area contributed by atoms with Gasteiger partial charge in [-0.15, -0.1) is 11.3 Å². The van der Waals surface area contributed by atoms with Crippen LogP contribution in [0.4, 0.5) is 0 Å². The highest BCUT2D eigenvalue weighted by Gasteiger charge is 2.25. The first kappa shape index (κ1) is 13.9. The maximum absolute atomic E-state index is 10.2. The van der Waals surface area contributed by atoms with Crippen LogP contribution in [0.15, 0.2) is 0 Å². The highest BCUT2D eigenvalue weighted by atomic mass is 32.1. The quantitative estimate of drug-likeness (QED) is 0.890. The van der Waals surface area contributed by atoms with Crippen LogP contribution in [0.2, 0.25) is 0 Å². The Morgan fingerprint density at radius 1 is 1.39 bits per heavy atom. The van der Waals surface area contributed by atoms with Gasteiger partial charge in [-0.05, 0) is 39.8 Å². The van der Waals surface area contributed by atoms with Crippen molar-refractivity contribution in [2.24, 2.45) is 0 Å². The zero-order valence-electron chi connectivity index (χ0n) is 11.4. The summed E-state index contributed by atoms with van der Waals surface area (Å²) < 4.78 is 5.17. The number of ether oxygens (including phenoxy) is 1. The Labute approximate surface area is 113 Å². The van der Waals surface area contributed by atoms with E-state index in [2.05, 4.69) is 9.88 Å². The third-order valence-electron chi connectivity index (χ3n) is 3.14. The number of rotatable bonds is 5. The molecular weight excluding hydrogens is 248 g/mol. The van der Waals surface area contributed by atoms with Gasteiger partial charge in [0, 0.05) is 7.11 Å². The number of hydrogen-bond acceptors (Lipinski definition) is 5. The standard InChI is InChI=1S/C13H22N2O2S/c1-13(2,16)12-10(9-17-3)14-11(18-12)8-15-6-4-5-7-15/h16H,4-9H2,1-3H3. The van der Waals surface area contributed by atoms with Crippen LogP contribution < -0.4 is 0 Å². The second-order valence-corrected chi connectivity index (χ2v) is 6.44. The lowest BCUT2D eigenvalue weighted by Crippen LogP contribution is -2.18. The van der Waals surface area contributed by atoms with E-state index in [-0.39, 0.29) is 0 Å². The zero-order chi connectivity index (χ0) is 13.2. The van der Waals surface area contributed by atoms with Gasteiger partial charge in [0.1, 0.15) is 5.01 Å². The van der Waals surface area contributed by atoms with Crippen LogP contribution >= 0.6 is 11.3 Å². The van der Waals surface area contributed by atoms with Crippen LogP contribution in [0, 0.1) is 0 Å². The molecule has 0 atom stereocenters. The minimum atomic E-state index is -0.839. The van der Waals surface area contributed by atoms with E-state index in [0.29, 0.717) is 6.61 Å². The zero-order valence-corrected chi connectivity index (χ0v) is 12.2. The molecule has 0 radical (unpaired) electrons. The van der Waals surface area contributed by atoms with Gasteiger partial charge >= 0.3 is 0 Å². The molecule has 4 nitrogen and oxygen atoms in total. The summed E-state index contributed by atoms with van der Waals surface area (Å²) in [6.45, 7) is 7.31. The normalized spacial score (nSPS) is 17.6. The van der Waals surface area contributed by atoms with Gasteiger partial charge in [-0.1, -0.05) is 0 Å². The summed E-state index contributed by atoms with van der Waals surface area (Å²) in [6, 6.07) is 0. The van der Waals surface area contributed by atoms with Crippen molar-refractivity contribution in [1.82, 2.24) is 9.88 Å². The Balaban J connectivity index is 2.16. The number of methoxy groups -OCH3 is 1. The van der Waals surface area contributed by atoms with Crippen LogP contribution in [-0.2, 0) is 23.5 Å². The molecule has 0 unspecified atom stereocenters. The van der Waals surface area contributed by atoms with Gasteiger partial charge in [-0.3, -0.25) is 4.90 Å². The van der Waals surface area contributed by atoms with Crippen molar-refractivity contribution >= 4 is 11.3 Å². The molecule has 5 heteroatoms. The molecule has 1 aliphatic heterocycles. The topological polar surface area (TPSA) is 45.6 Å². The molecule has 2 heterocycles. The first-order valence-corrected chi connectivity index (χ1v) is 7.25. The Morgan fingerprint density at radius 2 is 2.06 bits per heavy atom. The van der Waals surface area contributed by atoms with Crippen LogP contribution in [-0.4, -0.2) is 35.2 Å². The fraction of sp³-hybridized carbons (Fsp3) is 0.769. The van der Waals surface area contributed by atoms with Crippen LogP contribution in [0.25, 0.3) is 0 Å². The molecule has 1 aliphatic rings. The molecule has 0 spiro atoms. The van der Waals surface area contributed by atoms with Crippen LogP contribution in [0.3, 0.4) is 0 Å². The molecule has 0 aliphatic carbocycles. The number of aromatic nitrogens is 1. The van der Waals surface area contributed by atoms with E-state index < -0.39 is 5.60 Å². The van der Waals surface area contributed by atoms with Crippen molar-refractivity contribution in [3.8, 4) is 0 Å². The maximum atomic E-state index is 10.2. The molecule has 0 saturated carbocycles. The fourth-order valence-electron chi connectivity index (χ4n) is 2.31. The van der Waals surface area contributed by atoms with Gasteiger partial charge in [-0.25, -0.2) is 4.98 Å². The van der Waals surface area contributed by atoms with E-state index in [1.807, 2.05) is 0 Å². The SMILES string of the molecule is COCc1nc(CN2CCCC2)sc1C(C)(C)O. The minimum absolute atomic E-state index is 0.468. The summed E-state index contributed by atoms with van der Waals surface area (Å²) in [6.07, 6.45) is 2.57. The summed E-state index contributed by atoms with van der Waals surface area (Å²) in [5.74, 6) is 0. The average Bonchev–Trinajstić information content (AvgIpc) is 2.88. The lowest BCUT2D eigenvalue weighted by atomic mass is 10.1. The Kier molecular flexibility index (Phi) is 4.37. The highest BCUT2D eigenvalue weighted by molar-refractivity contribution is 7.11. The Morgan fingerprint density at radius 3 is 2.61 bits per heavy atom. The molecule has 1 saturated heterocycles. The van der Waals surface area contributed by atoms with Crippen molar-refractivity contribution in [3.05, 3.63) is 15.6 Å². The average molecular weight is 270 g/mol. The smallest absolute Gasteiger partial charge is 0.107 e. The van der Waals surface area contributed by atoms with E-state index in [0.717, 1.165) is 35.2 Å². The number of hydrogen-bond donors (Lipinski definition) is 1. The van der Waals surface area contributed by atoms with Crippen molar-refractivity contribution in [1.29, 1.82) is 0 Å². The van der Waals surface area contributed by atoms with Gasteiger partial charge in [0.15, 0.2) is 0 Å². The molecule has 0 aromatic carbocycles. The molecular formula is C13H22N2O2S. The third kappa shape index (κ3) is 3.29. The molecule has 102 valence electrons. The van der Waals surface area contributed by atoms with Crippen molar-refractivity contribution in [2.75, 3.05) is 20.2 Å². The summed E-state index contributed by atoms with van der Waals surface area (Å²) in [5, 5.41) is 11.3. The van der Waals surface area contributed by atoms with E-state index in [1.54, 1.807) is 32.3 Å². The monoisotopic (exact) mass is 270 g/mol. The number of thiazole rings is 1. The lowest BCUT2D eigenvalue weighted by molar-refractivity contribution is 0.0782. The molecule has 2 rings (SSSR count). The first-order chi connectivity index (χ1) is 8.50. The molecule has 18 heavy (non-hydrogen) atoms. The number of likely N-dealkylation sites (tertiary alicyclic amines) is 1. The van der Waals surface area contributed by atoms with Gasteiger partial charge in [0.25, 0.3) is 0 Å². The minimum Gasteiger partial charge on any atom is -0.385 e. The number of nitrogens with zero attached hydrogens (tertiary/aromatic N) is 2. The van der Waals surface area contributed by atoms with E-state index in [4.69, 9.17) is 4.74 Å². The third-order valence-corrected chi connectivity index (χ3v) is 4.53. The van der Waals surface area contributed by atoms with Gasteiger partial charge in [-0.2, -0.15) is 0 Å². The van der Waals surface area contributed by atoms with Crippen molar-refractivity contribution < 1.29 is 9.84 Å². The molecule has 1 aromatic heterocycles. The van der Waals surface area contributed by atoms with Crippen LogP contribution in [0.1, 0.15) is 42.3 Å². The van der Waals surface area contributed by atoms with E-state index in [1.165, 1.54) is 12.8 Å².